The van der Waals surface area contributed by atoms with Gasteiger partial charge in [-0.05, 0) is 0 Å². The average Bonchev–Trinajstić information content (AvgIpc) is 2.26. The predicted octanol–water partition coefficient (Wildman–Crippen LogP) is 0.185. The van der Waals surface area contributed by atoms with Crippen LogP contribution in [0, 0.1) is 0 Å². The van der Waals surface area contributed by atoms with E-state index in [1.807, 2.05) is 0 Å². The van der Waals surface area contributed by atoms with Crippen molar-refractivity contribution in [1.82, 2.24) is 15.3 Å². The van der Waals surface area contributed by atoms with Gasteiger partial charge >= 0.3 is 0 Å². The van der Waals surface area contributed by atoms with Gasteiger partial charge in [0.1, 0.15) is 6.33 Å². The first kappa shape index (κ1) is 11.0. The Balaban J connectivity index is 2.21. The first-order chi connectivity index (χ1) is 6.86. The van der Waals surface area contributed by atoms with Crippen LogP contribution in [-0.4, -0.2) is 37.0 Å². The molecule has 1 aromatic heterocycles. The number of aromatic nitrogens is 2. The number of hydrogen-bond donors (Lipinski definition) is 1. The minimum atomic E-state index is -0.209. The maximum Gasteiger partial charge on any atom is 0.169 e. The van der Waals surface area contributed by atoms with Gasteiger partial charge in [0.2, 0.25) is 0 Å². The van der Waals surface area contributed by atoms with Crippen LogP contribution < -0.4 is 5.32 Å². The maximum absolute atomic E-state index is 5.02. The molecular formula is C9H15N3O2. The van der Waals surface area contributed by atoms with Crippen LogP contribution in [0.15, 0.2) is 18.7 Å². The molecule has 0 aliphatic rings. The molecule has 0 radical (unpaired) electrons. The molecule has 5 heteroatoms. The molecule has 0 spiro atoms. The van der Waals surface area contributed by atoms with Crippen molar-refractivity contribution in [2.24, 2.45) is 0 Å². The van der Waals surface area contributed by atoms with Crippen molar-refractivity contribution < 1.29 is 9.47 Å². The molecule has 0 aliphatic heterocycles. The quantitative estimate of drug-likeness (QED) is 0.659. The van der Waals surface area contributed by atoms with Crippen molar-refractivity contribution in [2.75, 3.05) is 20.8 Å². The molecule has 1 rings (SSSR count). The smallest absolute Gasteiger partial charge is 0.169 e. The van der Waals surface area contributed by atoms with Gasteiger partial charge in [0.25, 0.3) is 0 Å². The van der Waals surface area contributed by atoms with Crippen LogP contribution in [-0.2, 0) is 16.0 Å². The summed E-state index contributed by atoms with van der Waals surface area (Å²) in [5.41, 5.74) is 1.04. The number of hydrogen-bond acceptors (Lipinski definition) is 5. The highest BCUT2D eigenvalue weighted by Gasteiger charge is 2.03. The second-order valence-corrected chi connectivity index (χ2v) is 2.78. The number of rotatable bonds is 6. The summed E-state index contributed by atoms with van der Waals surface area (Å²) < 4.78 is 10.0. The summed E-state index contributed by atoms with van der Waals surface area (Å²) in [4.78, 5) is 7.82. The summed E-state index contributed by atoms with van der Waals surface area (Å²) in [6.07, 6.45) is 4.85. The lowest BCUT2D eigenvalue weighted by molar-refractivity contribution is -0.0989. The molecule has 78 valence electrons. The summed E-state index contributed by atoms with van der Waals surface area (Å²) in [5, 5.41) is 3.17. The molecule has 5 nitrogen and oxygen atoms in total. The van der Waals surface area contributed by atoms with Gasteiger partial charge in [0.15, 0.2) is 6.29 Å². The van der Waals surface area contributed by atoms with Crippen LogP contribution >= 0.6 is 0 Å². The van der Waals surface area contributed by atoms with Crippen LogP contribution in [0.1, 0.15) is 5.56 Å². The first-order valence-electron chi connectivity index (χ1n) is 4.37. The van der Waals surface area contributed by atoms with Crippen molar-refractivity contribution in [2.45, 2.75) is 12.8 Å². The minimum absolute atomic E-state index is 0.209. The Morgan fingerprint density at radius 1 is 1.29 bits per heavy atom. The summed E-state index contributed by atoms with van der Waals surface area (Å²) in [5.74, 6) is 0. The Kier molecular flexibility index (Phi) is 5.06. The third kappa shape index (κ3) is 3.78. The van der Waals surface area contributed by atoms with Gasteiger partial charge in [-0.2, -0.15) is 0 Å². The molecule has 0 atom stereocenters. The molecule has 0 aromatic carbocycles. The molecule has 0 saturated carbocycles. The second-order valence-electron chi connectivity index (χ2n) is 2.78. The standard InChI is InChI=1S/C9H15N3O2/c1-13-9(14-2)6-10-3-8-4-11-7-12-5-8/h4-5,7,9-10H,3,6H2,1-2H3. The van der Waals surface area contributed by atoms with Crippen molar-refractivity contribution in [1.29, 1.82) is 0 Å². The molecular weight excluding hydrogens is 182 g/mol. The third-order valence-electron chi connectivity index (χ3n) is 1.78. The Hall–Kier alpha value is -1.04. The van der Waals surface area contributed by atoms with Crippen LogP contribution in [0.3, 0.4) is 0 Å². The van der Waals surface area contributed by atoms with Gasteiger partial charge < -0.3 is 14.8 Å². The molecule has 0 amide bonds. The Morgan fingerprint density at radius 3 is 2.50 bits per heavy atom. The van der Waals surface area contributed by atoms with Gasteiger partial charge in [-0.3, -0.25) is 0 Å². The zero-order valence-electron chi connectivity index (χ0n) is 8.43. The van der Waals surface area contributed by atoms with Crippen LogP contribution in [0.4, 0.5) is 0 Å². The highest BCUT2D eigenvalue weighted by molar-refractivity contribution is 5.01. The van der Waals surface area contributed by atoms with Gasteiger partial charge in [-0.1, -0.05) is 0 Å². The van der Waals surface area contributed by atoms with E-state index in [9.17, 15) is 0 Å². The number of methoxy groups -OCH3 is 2. The SMILES string of the molecule is COC(CNCc1cncnc1)OC. The summed E-state index contributed by atoms with van der Waals surface area (Å²) >= 11 is 0. The van der Waals surface area contributed by atoms with Crippen molar-refractivity contribution >= 4 is 0 Å². The Labute approximate surface area is 83.5 Å². The fourth-order valence-corrected chi connectivity index (χ4v) is 1.02. The van der Waals surface area contributed by atoms with E-state index in [1.165, 1.54) is 6.33 Å². The average molecular weight is 197 g/mol. The first-order valence-corrected chi connectivity index (χ1v) is 4.37. The molecule has 0 fully saturated rings. The van der Waals surface area contributed by atoms with Gasteiger partial charge in [-0.25, -0.2) is 9.97 Å². The maximum atomic E-state index is 5.02. The van der Waals surface area contributed by atoms with Crippen molar-refractivity contribution in [3.05, 3.63) is 24.3 Å². The van der Waals surface area contributed by atoms with Gasteiger partial charge in [0, 0.05) is 45.3 Å². The van der Waals surface area contributed by atoms with Crippen LogP contribution in [0.25, 0.3) is 0 Å². The molecule has 14 heavy (non-hydrogen) atoms. The molecule has 0 saturated heterocycles. The normalized spacial score (nSPS) is 10.8. The fraction of sp³-hybridized carbons (Fsp3) is 0.556. The largest absolute Gasteiger partial charge is 0.355 e. The van der Waals surface area contributed by atoms with E-state index in [2.05, 4.69) is 15.3 Å². The zero-order chi connectivity index (χ0) is 10.2. The topological polar surface area (TPSA) is 56.3 Å². The second kappa shape index (κ2) is 6.42. The molecule has 1 N–H and O–H groups in total. The molecule has 0 aliphatic carbocycles. The Morgan fingerprint density at radius 2 is 1.93 bits per heavy atom. The van der Waals surface area contributed by atoms with Crippen LogP contribution in [0.2, 0.25) is 0 Å². The minimum Gasteiger partial charge on any atom is -0.355 e. The number of nitrogens with one attached hydrogen (secondary N) is 1. The van der Waals surface area contributed by atoms with E-state index < -0.39 is 0 Å². The Bertz CT molecular complexity index is 239. The van der Waals surface area contributed by atoms with Gasteiger partial charge in [0.05, 0.1) is 0 Å². The highest BCUT2D eigenvalue weighted by atomic mass is 16.7. The van der Waals surface area contributed by atoms with Crippen molar-refractivity contribution in [3.8, 4) is 0 Å². The van der Waals surface area contributed by atoms with E-state index in [4.69, 9.17) is 9.47 Å². The summed E-state index contributed by atoms with van der Waals surface area (Å²) in [7, 11) is 3.23. The lowest BCUT2D eigenvalue weighted by Crippen LogP contribution is -2.29. The number of ether oxygens (including phenoxy) is 2. The summed E-state index contributed by atoms with van der Waals surface area (Å²) in [6.45, 7) is 1.35. The monoisotopic (exact) mass is 197 g/mol. The molecule has 0 unspecified atom stereocenters. The van der Waals surface area contributed by atoms with Gasteiger partial charge in [-0.15, -0.1) is 0 Å². The van der Waals surface area contributed by atoms with E-state index in [0.717, 1.165) is 5.56 Å². The third-order valence-corrected chi connectivity index (χ3v) is 1.78. The molecule has 1 heterocycles. The van der Waals surface area contributed by atoms with E-state index in [0.29, 0.717) is 13.1 Å². The summed E-state index contributed by atoms with van der Waals surface area (Å²) in [6, 6.07) is 0. The van der Waals surface area contributed by atoms with Crippen molar-refractivity contribution in [3.63, 3.8) is 0 Å². The fourth-order valence-electron chi connectivity index (χ4n) is 1.02. The lowest BCUT2D eigenvalue weighted by Gasteiger charge is -2.13. The molecule has 1 aromatic rings. The van der Waals surface area contributed by atoms with E-state index in [-0.39, 0.29) is 6.29 Å². The highest BCUT2D eigenvalue weighted by Crippen LogP contribution is 1.93. The zero-order valence-corrected chi connectivity index (χ0v) is 8.43. The van der Waals surface area contributed by atoms with Crippen LogP contribution in [0.5, 0.6) is 0 Å². The van der Waals surface area contributed by atoms with E-state index >= 15 is 0 Å². The van der Waals surface area contributed by atoms with E-state index in [1.54, 1.807) is 26.6 Å². The lowest BCUT2D eigenvalue weighted by atomic mass is 10.3. The number of nitrogens with zero attached hydrogens (tertiary/aromatic N) is 2. The predicted molar refractivity (Wildman–Crippen MR) is 51.5 cm³/mol. The molecule has 0 bridgehead atoms.